The number of carbonyl (C=O) groups excluding carboxylic acids is 1. The van der Waals surface area contributed by atoms with E-state index in [1.807, 2.05) is 0 Å². The predicted molar refractivity (Wildman–Crippen MR) is 79.1 cm³/mol. The molecule has 0 radical (unpaired) electrons. The highest BCUT2D eigenvalue weighted by Gasteiger charge is 2.37. The summed E-state index contributed by atoms with van der Waals surface area (Å²) in [7, 11) is 2.10. The van der Waals surface area contributed by atoms with Crippen molar-refractivity contribution in [2.75, 3.05) is 46.3 Å². The van der Waals surface area contributed by atoms with Gasteiger partial charge in [0.05, 0.1) is 5.54 Å². The Balaban J connectivity index is 2.54. The zero-order chi connectivity index (χ0) is 14.3. The molecule has 19 heavy (non-hydrogen) atoms. The number of hydrogen-bond donors (Lipinski definition) is 2. The first-order chi connectivity index (χ1) is 9.04. The molecule has 5 nitrogen and oxygen atoms in total. The first-order valence-corrected chi connectivity index (χ1v) is 7.50. The second-order valence-electron chi connectivity index (χ2n) is 5.56. The first-order valence-electron chi connectivity index (χ1n) is 7.50. The lowest BCUT2D eigenvalue weighted by atomic mass is 9.89. The van der Waals surface area contributed by atoms with Crippen molar-refractivity contribution in [2.24, 2.45) is 5.73 Å². The van der Waals surface area contributed by atoms with Gasteiger partial charge in [0.25, 0.3) is 0 Å². The summed E-state index contributed by atoms with van der Waals surface area (Å²) in [4.78, 5) is 16.5. The minimum absolute atomic E-state index is 0.192. The maximum atomic E-state index is 11.9. The zero-order valence-electron chi connectivity index (χ0n) is 12.7. The van der Waals surface area contributed by atoms with E-state index < -0.39 is 5.54 Å². The van der Waals surface area contributed by atoms with Crippen molar-refractivity contribution in [1.82, 2.24) is 15.1 Å². The third-order valence-corrected chi connectivity index (χ3v) is 4.32. The number of nitrogens with two attached hydrogens (primary N) is 1. The summed E-state index contributed by atoms with van der Waals surface area (Å²) in [5, 5.41) is 3.45. The van der Waals surface area contributed by atoms with Crippen molar-refractivity contribution in [2.45, 2.75) is 38.6 Å². The van der Waals surface area contributed by atoms with Gasteiger partial charge in [0.1, 0.15) is 0 Å². The van der Waals surface area contributed by atoms with Crippen LogP contribution in [0.15, 0.2) is 0 Å². The Morgan fingerprint density at radius 2 is 2.00 bits per heavy atom. The molecule has 1 aliphatic heterocycles. The van der Waals surface area contributed by atoms with Crippen molar-refractivity contribution in [1.29, 1.82) is 0 Å². The summed E-state index contributed by atoms with van der Waals surface area (Å²) in [5.41, 5.74) is 5.16. The molecular formula is C14H30N4O. The van der Waals surface area contributed by atoms with Crippen molar-refractivity contribution in [3.63, 3.8) is 0 Å². The van der Waals surface area contributed by atoms with Crippen molar-refractivity contribution < 1.29 is 4.79 Å². The molecular weight excluding hydrogens is 240 g/mol. The summed E-state index contributed by atoms with van der Waals surface area (Å²) in [6.07, 6.45) is 2.69. The van der Waals surface area contributed by atoms with Crippen LogP contribution in [0, 0.1) is 0 Å². The lowest BCUT2D eigenvalue weighted by Gasteiger charge is -2.32. The van der Waals surface area contributed by atoms with Crippen LogP contribution in [-0.4, -0.2) is 67.6 Å². The molecule has 0 aromatic carbocycles. The van der Waals surface area contributed by atoms with Gasteiger partial charge in [-0.05, 0) is 45.9 Å². The van der Waals surface area contributed by atoms with E-state index in [0.29, 0.717) is 0 Å². The number of nitrogens with zero attached hydrogens (tertiary/aromatic N) is 2. The van der Waals surface area contributed by atoms with Crippen molar-refractivity contribution in [3.05, 3.63) is 0 Å². The lowest BCUT2D eigenvalue weighted by Crippen LogP contribution is -2.57. The maximum Gasteiger partial charge on any atom is 0.237 e. The Kier molecular flexibility index (Phi) is 6.75. The monoisotopic (exact) mass is 270 g/mol. The minimum Gasteiger partial charge on any atom is -0.368 e. The summed E-state index contributed by atoms with van der Waals surface area (Å²) in [6.45, 7) is 10.2. The molecule has 1 heterocycles. The van der Waals surface area contributed by atoms with Crippen molar-refractivity contribution in [3.8, 4) is 0 Å². The Bertz CT molecular complexity index is 281. The number of carbonyl (C=O) groups is 1. The Hall–Kier alpha value is -0.650. The van der Waals surface area contributed by atoms with Gasteiger partial charge in [-0.1, -0.05) is 13.8 Å². The third kappa shape index (κ3) is 4.75. The third-order valence-electron chi connectivity index (χ3n) is 4.32. The SMILES string of the molecule is CCN(CC)CCNC1(C(N)=O)CCCN(C)CC1. The Morgan fingerprint density at radius 3 is 2.58 bits per heavy atom. The average Bonchev–Trinajstić information content (AvgIpc) is 2.58. The number of rotatable bonds is 7. The van der Waals surface area contributed by atoms with E-state index in [4.69, 9.17) is 5.73 Å². The fraction of sp³-hybridized carbons (Fsp3) is 0.929. The summed E-state index contributed by atoms with van der Waals surface area (Å²) < 4.78 is 0. The smallest absolute Gasteiger partial charge is 0.237 e. The van der Waals surface area contributed by atoms with Gasteiger partial charge >= 0.3 is 0 Å². The van der Waals surface area contributed by atoms with E-state index >= 15 is 0 Å². The molecule has 1 unspecified atom stereocenters. The maximum absolute atomic E-state index is 11.9. The largest absolute Gasteiger partial charge is 0.368 e. The molecule has 0 bridgehead atoms. The molecule has 1 fully saturated rings. The molecule has 0 spiro atoms. The highest BCUT2D eigenvalue weighted by atomic mass is 16.1. The molecule has 0 aliphatic carbocycles. The van der Waals surface area contributed by atoms with Gasteiger partial charge in [-0.3, -0.25) is 4.79 Å². The second kappa shape index (κ2) is 7.82. The van der Waals surface area contributed by atoms with Crippen molar-refractivity contribution >= 4 is 5.91 Å². The van der Waals surface area contributed by atoms with Gasteiger partial charge in [0.15, 0.2) is 0 Å². The van der Waals surface area contributed by atoms with Gasteiger partial charge in [-0.25, -0.2) is 0 Å². The van der Waals surface area contributed by atoms with Gasteiger partial charge in [-0.15, -0.1) is 0 Å². The zero-order valence-corrected chi connectivity index (χ0v) is 12.7. The first kappa shape index (κ1) is 16.4. The second-order valence-corrected chi connectivity index (χ2v) is 5.56. The Labute approximate surface area is 117 Å². The number of amides is 1. The van der Waals surface area contributed by atoms with Gasteiger partial charge in [0.2, 0.25) is 5.91 Å². The topological polar surface area (TPSA) is 61.6 Å². The lowest BCUT2D eigenvalue weighted by molar-refractivity contribution is -0.125. The number of likely N-dealkylation sites (N-methyl/N-ethyl adjacent to an activating group) is 1. The van der Waals surface area contributed by atoms with Crippen LogP contribution in [0.3, 0.4) is 0 Å². The number of primary amides is 1. The normalized spacial score (nSPS) is 25.5. The van der Waals surface area contributed by atoms with Crippen LogP contribution in [0.4, 0.5) is 0 Å². The molecule has 1 atom stereocenters. The summed E-state index contributed by atoms with van der Waals surface area (Å²) >= 11 is 0. The predicted octanol–water partition coefficient (Wildman–Crippen LogP) is 0.258. The standard InChI is InChI=1S/C14H30N4O/c1-4-18(5-2)12-9-16-14(13(15)19)7-6-10-17(3)11-8-14/h16H,4-12H2,1-3H3,(H2,15,19). The molecule has 1 saturated heterocycles. The number of likely N-dealkylation sites (tertiary alicyclic amines) is 1. The molecule has 1 aliphatic rings. The van der Waals surface area contributed by atoms with Crippen LogP contribution in [0.1, 0.15) is 33.1 Å². The van der Waals surface area contributed by atoms with E-state index in [2.05, 4.69) is 36.0 Å². The molecule has 1 rings (SSSR count). The average molecular weight is 270 g/mol. The van der Waals surface area contributed by atoms with E-state index in [-0.39, 0.29) is 5.91 Å². The minimum atomic E-state index is -0.502. The number of nitrogens with one attached hydrogen (secondary N) is 1. The quantitative estimate of drug-likeness (QED) is 0.696. The molecule has 0 aromatic rings. The molecule has 0 aromatic heterocycles. The van der Waals surface area contributed by atoms with Crippen LogP contribution >= 0.6 is 0 Å². The highest BCUT2D eigenvalue weighted by Crippen LogP contribution is 2.21. The van der Waals surface area contributed by atoms with E-state index in [0.717, 1.165) is 58.5 Å². The highest BCUT2D eigenvalue weighted by molar-refractivity contribution is 5.84. The fourth-order valence-corrected chi connectivity index (χ4v) is 2.77. The van der Waals surface area contributed by atoms with Crippen LogP contribution in [-0.2, 0) is 4.79 Å². The summed E-state index contributed by atoms with van der Waals surface area (Å²) in [6, 6.07) is 0. The molecule has 5 heteroatoms. The van der Waals surface area contributed by atoms with E-state index in [1.54, 1.807) is 0 Å². The molecule has 1 amide bonds. The van der Waals surface area contributed by atoms with Crippen LogP contribution < -0.4 is 11.1 Å². The van der Waals surface area contributed by atoms with E-state index in [9.17, 15) is 4.79 Å². The van der Waals surface area contributed by atoms with Gasteiger partial charge in [0, 0.05) is 19.6 Å². The fourth-order valence-electron chi connectivity index (χ4n) is 2.77. The molecule has 3 N–H and O–H groups in total. The van der Waals surface area contributed by atoms with E-state index in [1.165, 1.54) is 0 Å². The van der Waals surface area contributed by atoms with Gasteiger partial charge < -0.3 is 20.9 Å². The van der Waals surface area contributed by atoms with Gasteiger partial charge in [-0.2, -0.15) is 0 Å². The Morgan fingerprint density at radius 1 is 1.32 bits per heavy atom. The van der Waals surface area contributed by atoms with Crippen LogP contribution in [0.5, 0.6) is 0 Å². The molecule has 0 saturated carbocycles. The van der Waals surface area contributed by atoms with Crippen LogP contribution in [0.2, 0.25) is 0 Å². The number of hydrogen-bond acceptors (Lipinski definition) is 4. The van der Waals surface area contributed by atoms with Crippen LogP contribution in [0.25, 0.3) is 0 Å². The molecule has 112 valence electrons. The summed E-state index contributed by atoms with van der Waals surface area (Å²) in [5.74, 6) is -0.192.